The average molecular weight is 392 g/mol. The fraction of sp³-hybridized carbons (Fsp3) is 0.333. The van der Waals surface area contributed by atoms with Crippen molar-refractivity contribution in [3.63, 3.8) is 0 Å². The number of aliphatic carboxylic acids is 1. The van der Waals surface area contributed by atoms with Gasteiger partial charge in [0.1, 0.15) is 12.1 Å². The first-order valence-corrected chi connectivity index (χ1v) is 9.45. The van der Waals surface area contributed by atoms with E-state index >= 15 is 0 Å². The monoisotopic (exact) mass is 392 g/mol. The van der Waals surface area contributed by atoms with Crippen LogP contribution in [-0.2, 0) is 9.53 Å². The topological polar surface area (TPSA) is 116 Å². The van der Waals surface area contributed by atoms with E-state index in [4.69, 9.17) is 10.3 Å². The van der Waals surface area contributed by atoms with Gasteiger partial charge in [-0.3, -0.25) is 4.79 Å². The van der Waals surface area contributed by atoms with Crippen LogP contribution in [0, 0.1) is 0 Å². The molecule has 4 rings (SSSR count). The minimum absolute atomic E-state index is 0.0301. The third-order valence-corrected chi connectivity index (χ3v) is 5.82. The fourth-order valence-corrected chi connectivity index (χ4v) is 4.19. The Morgan fingerprint density at radius 1 is 1.10 bits per heavy atom. The lowest BCUT2D eigenvalue weighted by Crippen LogP contribution is -2.49. The maximum Gasteiger partial charge on any atom is 0.409 e. The molecule has 0 aromatic heterocycles. The lowest BCUT2D eigenvalue weighted by molar-refractivity contribution is -0.145. The van der Waals surface area contributed by atoms with Crippen molar-refractivity contribution in [1.82, 2.24) is 4.90 Å². The zero-order chi connectivity index (χ0) is 20.4. The lowest BCUT2D eigenvalue weighted by Gasteiger charge is -2.35. The molecule has 2 aromatic carbocycles. The molecule has 29 heavy (non-hydrogen) atoms. The number of hydrogen-bond acceptors (Lipinski definition) is 4. The van der Waals surface area contributed by atoms with Crippen molar-refractivity contribution in [1.29, 1.82) is 0 Å². The van der Waals surface area contributed by atoms with Gasteiger partial charge >= 0.3 is 12.1 Å². The van der Waals surface area contributed by atoms with Gasteiger partial charge in [0, 0.05) is 23.9 Å². The molecule has 0 radical (unpaired) electrons. The Kier molecular flexibility index (Phi) is 4.86. The predicted octanol–water partition coefficient (Wildman–Crippen LogP) is 4.17. The SMILES string of the molecule is [N-]=[N+]=NC1(C(=O)O)CCN(C(=O)OCC2c3ccccc3-c3ccccc32)CC1. The third-order valence-electron chi connectivity index (χ3n) is 5.82. The van der Waals surface area contributed by atoms with Crippen molar-refractivity contribution >= 4 is 12.1 Å². The Hall–Kier alpha value is -3.51. The second-order valence-corrected chi connectivity index (χ2v) is 7.32. The van der Waals surface area contributed by atoms with Crippen molar-refractivity contribution in [3.05, 3.63) is 70.1 Å². The number of carboxylic acids is 1. The van der Waals surface area contributed by atoms with E-state index in [1.807, 2.05) is 24.3 Å². The van der Waals surface area contributed by atoms with Gasteiger partial charge in [-0.1, -0.05) is 53.6 Å². The number of ether oxygens (including phenoxy) is 1. The number of hydrogen-bond donors (Lipinski definition) is 1. The summed E-state index contributed by atoms with van der Waals surface area (Å²) in [5.74, 6) is -1.19. The largest absolute Gasteiger partial charge is 0.481 e. The highest BCUT2D eigenvalue weighted by atomic mass is 16.6. The minimum Gasteiger partial charge on any atom is -0.481 e. The summed E-state index contributed by atoms with van der Waals surface area (Å²) in [5.41, 5.74) is 11.7. The molecule has 8 nitrogen and oxygen atoms in total. The number of carbonyl (C=O) groups is 2. The molecule has 0 atom stereocenters. The molecule has 148 valence electrons. The van der Waals surface area contributed by atoms with Crippen molar-refractivity contribution in [2.45, 2.75) is 24.3 Å². The normalized spacial score (nSPS) is 17.0. The van der Waals surface area contributed by atoms with E-state index in [-0.39, 0.29) is 38.5 Å². The van der Waals surface area contributed by atoms with E-state index < -0.39 is 17.6 Å². The van der Waals surface area contributed by atoms with Crippen molar-refractivity contribution in [3.8, 4) is 11.1 Å². The number of piperidine rings is 1. The first kappa shape index (κ1) is 18.8. The molecule has 0 bridgehead atoms. The van der Waals surface area contributed by atoms with Gasteiger partial charge in [0.15, 0.2) is 0 Å². The molecule has 0 spiro atoms. The van der Waals surface area contributed by atoms with Crippen LogP contribution in [0.4, 0.5) is 4.79 Å². The molecule has 1 fully saturated rings. The summed E-state index contributed by atoms with van der Waals surface area (Å²) < 4.78 is 5.60. The van der Waals surface area contributed by atoms with Gasteiger partial charge in [0.2, 0.25) is 0 Å². The zero-order valence-corrected chi connectivity index (χ0v) is 15.7. The van der Waals surface area contributed by atoms with Crippen LogP contribution < -0.4 is 0 Å². The zero-order valence-electron chi connectivity index (χ0n) is 15.7. The summed E-state index contributed by atoms with van der Waals surface area (Å²) >= 11 is 0. The molecule has 1 saturated heterocycles. The molecule has 1 aliphatic carbocycles. The Morgan fingerprint density at radius 3 is 2.17 bits per heavy atom. The number of benzene rings is 2. The number of rotatable bonds is 4. The molecule has 2 aliphatic rings. The summed E-state index contributed by atoms with van der Waals surface area (Å²) in [5, 5.41) is 12.8. The van der Waals surface area contributed by atoms with Gasteiger partial charge in [0.25, 0.3) is 0 Å². The second-order valence-electron chi connectivity index (χ2n) is 7.32. The van der Waals surface area contributed by atoms with Crippen LogP contribution in [-0.4, -0.2) is 47.3 Å². The number of likely N-dealkylation sites (tertiary alicyclic amines) is 1. The van der Waals surface area contributed by atoms with Gasteiger partial charge in [0.05, 0.1) is 0 Å². The standard InChI is InChI=1S/C21H20N4O4/c22-24-23-21(19(26)27)9-11-25(12-10-21)20(28)29-13-18-16-7-3-1-5-14(16)15-6-2-4-8-17(15)18/h1-8,18H,9-13H2,(H,26,27). The lowest BCUT2D eigenvalue weighted by atomic mass is 9.89. The van der Waals surface area contributed by atoms with Gasteiger partial charge in [-0.15, -0.1) is 0 Å². The molecule has 1 aliphatic heterocycles. The molecule has 1 N–H and O–H groups in total. The second kappa shape index (κ2) is 7.48. The summed E-state index contributed by atoms with van der Waals surface area (Å²) in [6.45, 7) is 0.549. The first-order chi connectivity index (χ1) is 14.1. The van der Waals surface area contributed by atoms with E-state index in [2.05, 4.69) is 34.3 Å². The summed E-state index contributed by atoms with van der Waals surface area (Å²) in [7, 11) is 0. The van der Waals surface area contributed by atoms with Crippen LogP contribution in [0.1, 0.15) is 29.9 Å². The van der Waals surface area contributed by atoms with Gasteiger partial charge in [-0.25, -0.2) is 4.79 Å². The number of carboxylic acid groups (broad SMARTS) is 1. The minimum atomic E-state index is -1.49. The number of fused-ring (bicyclic) bond motifs is 3. The molecular weight excluding hydrogens is 372 g/mol. The maximum absolute atomic E-state index is 12.6. The molecule has 8 heteroatoms. The van der Waals surface area contributed by atoms with Gasteiger partial charge in [-0.2, -0.15) is 0 Å². The predicted molar refractivity (Wildman–Crippen MR) is 105 cm³/mol. The van der Waals surface area contributed by atoms with Gasteiger partial charge < -0.3 is 14.7 Å². The van der Waals surface area contributed by atoms with Crippen LogP contribution in [0.2, 0.25) is 0 Å². The maximum atomic E-state index is 12.6. The van der Waals surface area contributed by atoms with Crippen LogP contribution >= 0.6 is 0 Å². The third kappa shape index (κ3) is 3.28. The van der Waals surface area contributed by atoms with E-state index in [0.717, 1.165) is 22.3 Å². The Morgan fingerprint density at radius 2 is 1.66 bits per heavy atom. The van der Waals surface area contributed by atoms with E-state index in [1.54, 1.807) is 0 Å². The van der Waals surface area contributed by atoms with E-state index in [9.17, 15) is 14.7 Å². The highest BCUT2D eigenvalue weighted by molar-refractivity contribution is 5.80. The van der Waals surface area contributed by atoms with Crippen molar-refractivity contribution < 1.29 is 19.4 Å². The van der Waals surface area contributed by atoms with Crippen molar-refractivity contribution in [2.75, 3.05) is 19.7 Å². The Labute approximate surface area is 167 Å². The molecule has 0 unspecified atom stereocenters. The Bertz CT molecular complexity index is 958. The molecular formula is C21H20N4O4. The number of amides is 1. The number of carbonyl (C=O) groups excluding carboxylic acids is 1. The van der Waals surface area contributed by atoms with Crippen molar-refractivity contribution in [2.24, 2.45) is 5.11 Å². The molecule has 1 heterocycles. The number of azide groups is 1. The highest BCUT2D eigenvalue weighted by Crippen LogP contribution is 2.44. The van der Waals surface area contributed by atoms with E-state index in [1.165, 1.54) is 4.90 Å². The molecule has 0 saturated carbocycles. The molecule has 1 amide bonds. The summed E-state index contributed by atoms with van der Waals surface area (Å²) in [6.07, 6.45) is -0.348. The summed E-state index contributed by atoms with van der Waals surface area (Å²) in [4.78, 5) is 28.2. The van der Waals surface area contributed by atoms with Crippen LogP contribution in [0.3, 0.4) is 0 Å². The van der Waals surface area contributed by atoms with Crippen LogP contribution in [0.5, 0.6) is 0 Å². The average Bonchev–Trinajstić information content (AvgIpc) is 3.06. The van der Waals surface area contributed by atoms with Crippen LogP contribution in [0.15, 0.2) is 53.6 Å². The number of nitrogens with zero attached hydrogens (tertiary/aromatic N) is 4. The quantitative estimate of drug-likeness (QED) is 0.477. The van der Waals surface area contributed by atoms with Crippen LogP contribution in [0.25, 0.3) is 21.6 Å². The van der Waals surface area contributed by atoms with E-state index in [0.29, 0.717) is 0 Å². The van der Waals surface area contributed by atoms with Gasteiger partial charge in [-0.05, 0) is 40.6 Å². The smallest absolute Gasteiger partial charge is 0.409 e. The summed E-state index contributed by atoms with van der Waals surface area (Å²) in [6, 6.07) is 16.2. The Balaban J connectivity index is 1.44. The fourth-order valence-electron chi connectivity index (χ4n) is 4.19. The molecule has 2 aromatic rings. The first-order valence-electron chi connectivity index (χ1n) is 9.45. The highest BCUT2D eigenvalue weighted by Gasteiger charge is 2.42.